The molecule has 0 saturated carbocycles. The molecule has 1 aliphatic rings. The minimum atomic E-state index is -2.86. The van der Waals surface area contributed by atoms with Crippen LogP contribution in [0, 0.1) is 0 Å². The quantitative estimate of drug-likeness (QED) is 0.753. The molecule has 1 heterocycles. The summed E-state index contributed by atoms with van der Waals surface area (Å²) in [6.07, 6.45) is 6.73. The molecule has 1 rings (SSSR count). The zero-order valence-electron chi connectivity index (χ0n) is 10.9. The van der Waals surface area contributed by atoms with Crippen molar-refractivity contribution in [2.75, 3.05) is 25.2 Å². The van der Waals surface area contributed by atoms with Gasteiger partial charge in [0.05, 0.1) is 11.9 Å². The van der Waals surface area contributed by atoms with E-state index in [0.29, 0.717) is 12.5 Å². The first-order valence-electron chi connectivity index (χ1n) is 6.54. The van der Waals surface area contributed by atoms with Crippen molar-refractivity contribution in [1.29, 1.82) is 0 Å². The van der Waals surface area contributed by atoms with Crippen molar-refractivity contribution in [3.05, 3.63) is 0 Å². The molecule has 1 saturated heterocycles. The third kappa shape index (κ3) is 7.01. The minimum Gasteiger partial charge on any atom is -0.378 e. The number of sulfone groups is 1. The van der Waals surface area contributed by atoms with E-state index >= 15 is 0 Å². The second-order valence-corrected chi connectivity index (χ2v) is 7.16. The van der Waals surface area contributed by atoms with Crippen molar-refractivity contribution in [2.24, 2.45) is 0 Å². The van der Waals surface area contributed by atoms with Crippen molar-refractivity contribution < 1.29 is 13.2 Å². The van der Waals surface area contributed by atoms with Gasteiger partial charge in [0, 0.05) is 18.9 Å². The van der Waals surface area contributed by atoms with Gasteiger partial charge in [-0.15, -0.1) is 0 Å². The van der Waals surface area contributed by atoms with Crippen LogP contribution in [-0.4, -0.2) is 45.7 Å². The van der Waals surface area contributed by atoms with Crippen molar-refractivity contribution in [1.82, 2.24) is 5.32 Å². The molecule has 4 nitrogen and oxygen atoms in total. The highest BCUT2D eigenvalue weighted by Gasteiger charge is 2.20. The van der Waals surface area contributed by atoms with Crippen LogP contribution in [0.5, 0.6) is 0 Å². The molecule has 102 valence electrons. The molecule has 1 aliphatic heterocycles. The van der Waals surface area contributed by atoms with Gasteiger partial charge in [0.15, 0.2) is 0 Å². The summed E-state index contributed by atoms with van der Waals surface area (Å²) in [7, 11) is -2.86. The number of hydrogen-bond donors (Lipinski definition) is 1. The first-order chi connectivity index (χ1) is 8.01. The van der Waals surface area contributed by atoms with E-state index in [1.54, 1.807) is 0 Å². The zero-order valence-corrected chi connectivity index (χ0v) is 11.8. The van der Waals surface area contributed by atoms with Crippen LogP contribution < -0.4 is 5.32 Å². The van der Waals surface area contributed by atoms with Crippen LogP contribution in [0.1, 0.15) is 39.0 Å². The van der Waals surface area contributed by atoms with Gasteiger partial charge in [0.1, 0.15) is 9.84 Å². The highest BCUT2D eigenvalue weighted by Crippen LogP contribution is 2.18. The summed E-state index contributed by atoms with van der Waals surface area (Å²) >= 11 is 0. The smallest absolute Gasteiger partial charge is 0.147 e. The van der Waals surface area contributed by atoms with E-state index in [2.05, 4.69) is 12.2 Å². The Morgan fingerprint density at radius 1 is 1.41 bits per heavy atom. The predicted molar refractivity (Wildman–Crippen MR) is 70.0 cm³/mol. The van der Waals surface area contributed by atoms with Gasteiger partial charge in [0.2, 0.25) is 0 Å². The predicted octanol–water partition coefficient (Wildman–Crippen LogP) is 1.36. The molecule has 0 spiro atoms. The Bertz CT molecular complexity index is 297. The van der Waals surface area contributed by atoms with E-state index in [0.717, 1.165) is 32.4 Å². The van der Waals surface area contributed by atoms with Gasteiger partial charge in [-0.25, -0.2) is 8.42 Å². The Kier molecular flexibility index (Phi) is 6.44. The molecular formula is C12H25NO3S. The van der Waals surface area contributed by atoms with E-state index in [9.17, 15) is 8.42 Å². The van der Waals surface area contributed by atoms with Crippen LogP contribution in [0.3, 0.4) is 0 Å². The van der Waals surface area contributed by atoms with Crippen LogP contribution in [0.2, 0.25) is 0 Å². The first kappa shape index (κ1) is 14.9. The van der Waals surface area contributed by atoms with Gasteiger partial charge in [-0.2, -0.15) is 0 Å². The minimum absolute atomic E-state index is 0.261. The molecular weight excluding hydrogens is 238 g/mol. The molecule has 0 aromatic rings. The third-order valence-electron chi connectivity index (χ3n) is 3.15. The molecule has 0 bridgehead atoms. The van der Waals surface area contributed by atoms with E-state index in [1.165, 1.54) is 12.7 Å². The van der Waals surface area contributed by atoms with E-state index < -0.39 is 9.84 Å². The summed E-state index contributed by atoms with van der Waals surface area (Å²) in [6.45, 7) is 3.78. The fraction of sp³-hybridized carbons (Fsp3) is 1.00. The van der Waals surface area contributed by atoms with Crippen molar-refractivity contribution in [3.8, 4) is 0 Å². The summed E-state index contributed by atoms with van der Waals surface area (Å²) in [5.74, 6) is 0.261. The molecule has 5 heteroatoms. The van der Waals surface area contributed by atoms with Crippen LogP contribution in [0.4, 0.5) is 0 Å². The lowest BCUT2D eigenvalue weighted by Gasteiger charge is -2.27. The van der Waals surface area contributed by atoms with Gasteiger partial charge < -0.3 is 10.1 Å². The van der Waals surface area contributed by atoms with Gasteiger partial charge in [-0.1, -0.05) is 6.92 Å². The Hall–Kier alpha value is -0.130. The van der Waals surface area contributed by atoms with Crippen molar-refractivity contribution in [2.45, 2.75) is 51.2 Å². The molecule has 2 atom stereocenters. The van der Waals surface area contributed by atoms with Crippen molar-refractivity contribution in [3.63, 3.8) is 0 Å². The number of ether oxygens (including phenoxy) is 1. The molecule has 0 amide bonds. The maximum Gasteiger partial charge on any atom is 0.147 e. The summed E-state index contributed by atoms with van der Waals surface area (Å²) in [5, 5.41) is 3.36. The number of nitrogens with one attached hydrogen (secondary N) is 1. The molecule has 1 N–H and O–H groups in total. The molecule has 0 radical (unpaired) electrons. The Morgan fingerprint density at radius 3 is 2.71 bits per heavy atom. The van der Waals surface area contributed by atoms with Gasteiger partial charge in [-0.05, 0) is 38.6 Å². The number of rotatable bonds is 7. The van der Waals surface area contributed by atoms with E-state index in [4.69, 9.17) is 4.74 Å². The largest absolute Gasteiger partial charge is 0.378 e. The van der Waals surface area contributed by atoms with Crippen LogP contribution in [0.15, 0.2) is 0 Å². The summed E-state index contributed by atoms with van der Waals surface area (Å²) in [5.41, 5.74) is 0. The fourth-order valence-corrected chi connectivity index (χ4v) is 2.97. The fourth-order valence-electron chi connectivity index (χ4n) is 2.26. The third-order valence-corrected chi connectivity index (χ3v) is 4.13. The second-order valence-electron chi connectivity index (χ2n) is 4.90. The Balaban J connectivity index is 2.36. The lowest BCUT2D eigenvalue weighted by atomic mass is 10.0. The van der Waals surface area contributed by atoms with Crippen LogP contribution in [0.25, 0.3) is 0 Å². The molecule has 0 aromatic heterocycles. The maximum atomic E-state index is 11.2. The average molecular weight is 263 g/mol. The standard InChI is InChI=1S/C12H25NO3S/c1-3-13-11(7-9-17(2,14)15)10-12-6-4-5-8-16-12/h11-13H,3-10H2,1-2H3. The Labute approximate surface area is 105 Å². The molecule has 0 aromatic carbocycles. The highest BCUT2D eigenvalue weighted by atomic mass is 32.2. The molecule has 0 aliphatic carbocycles. The van der Waals surface area contributed by atoms with Gasteiger partial charge >= 0.3 is 0 Å². The highest BCUT2D eigenvalue weighted by molar-refractivity contribution is 7.90. The monoisotopic (exact) mass is 263 g/mol. The normalized spacial score (nSPS) is 23.5. The SMILES string of the molecule is CCNC(CCS(C)(=O)=O)CC1CCCCO1. The number of hydrogen-bond acceptors (Lipinski definition) is 4. The van der Waals surface area contributed by atoms with Crippen molar-refractivity contribution >= 4 is 9.84 Å². The van der Waals surface area contributed by atoms with E-state index in [-0.39, 0.29) is 11.8 Å². The van der Waals surface area contributed by atoms with Gasteiger partial charge in [0.25, 0.3) is 0 Å². The summed E-state index contributed by atoms with van der Waals surface area (Å²) < 4.78 is 28.0. The average Bonchev–Trinajstić information content (AvgIpc) is 2.27. The topological polar surface area (TPSA) is 55.4 Å². The zero-order chi connectivity index (χ0) is 12.7. The van der Waals surface area contributed by atoms with E-state index in [1.807, 2.05) is 0 Å². The maximum absolute atomic E-state index is 11.2. The molecule has 2 unspecified atom stereocenters. The second kappa shape index (κ2) is 7.34. The molecule has 17 heavy (non-hydrogen) atoms. The first-order valence-corrected chi connectivity index (χ1v) is 8.60. The van der Waals surface area contributed by atoms with Crippen LogP contribution >= 0.6 is 0 Å². The summed E-state index contributed by atoms with van der Waals surface area (Å²) in [4.78, 5) is 0. The Morgan fingerprint density at radius 2 is 2.18 bits per heavy atom. The van der Waals surface area contributed by atoms with Crippen LogP contribution in [-0.2, 0) is 14.6 Å². The lowest BCUT2D eigenvalue weighted by Crippen LogP contribution is -2.36. The summed E-state index contributed by atoms with van der Waals surface area (Å²) in [6, 6.07) is 0.262. The van der Waals surface area contributed by atoms with Gasteiger partial charge in [-0.3, -0.25) is 0 Å². The lowest BCUT2D eigenvalue weighted by molar-refractivity contribution is 0.00515. The molecule has 1 fully saturated rings.